The highest BCUT2D eigenvalue weighted by Gasteiger charge is 2.12. The lowest BCUT2D eigenvalue weighted by molar-refractivity contribution is 1.00. The SMILES string of the molecule is CN(/N=C(/c1ccc(Cl)cc1)c1ncccn1)c1ccccc1. The standard InChI is InChI=1S/C18H15ClN4/c1-23(16-6-3-2-4-7-16)22-17(18-20-12-5-13-21-18)14-8-10-15(19)11-9-14/h2-13H,1H3/b22-17-. The van der Waals surface area contributed by atoms with Gasteiger partial charge in [0.15, 0.2) is 5.82 Å². The molecule has 4 nitrogen and oxygen atoms in total. The molecule has 0 saturated heterocycles. The van der Waals surface area contributed by atoms with Crippen LogP contribution in [0.5, 0.6) is 0 Å². The van der Waals surface area contributed by atoms with E-state index in [-0.39, 0.29) is 0 Å². The maximum Gasteiger partial charge on any atom is 0.180 e. The van der Waals surface area contributed by atoms with Gasteiger partial charge in [0.05, 0.1) is 5.69 Å². The predicted octanol–water partition coefficient (Wildman–Crippen LogP) is 4.02. The number of hydrogen-bond acceptors (Lipinski definition) is 4. The van der Waals surface area contributed by atoms with Gasteiger partial charge in [0, 0.05) is 30.0 Å². The van der Waals surface area contributed by atoms with Crippen molar-refractivity contribution < 1.29 is 0 Å². The first kappa shape index (κ1) is 15.2. The summed E-state index contributed by atoms with van der Waals surface area (Å²) in [6.07, 6.45) is 3.41. The van der Waals surface area contributed by atoms with Crippen molar-refractivity contribution in [3.63, 3.8) is 0 Å². The van der Waals surface area contributed by atoms with Crippen LogP contribution in [0.2, 0.25) is 5.02 Å². The van der Waals surface area contributed by atoms with E-state index in [9.17, 15) is 0 Å². The molecule has 0 aliphatic carbocycles. The molecule has 0 unspecified atom stereocenters. The number of hydrazone groups is 1. The lowest BCUT2D eigenvalue weighted by Crippen LogP contribution is -2.16. The molecule has 2 aromatic carbocycles. The van der Waals surface area contributed by atoms with E-state index in [1.165, 1.54) is 0 Å². The molecule has 3 rings (SSSR count). The van der Waals surface area contributed by atoms with E-state index in [2.05, 4.69) is 9.97 Å². The van der Waals surface area contributed by atoms with Crippen LogP contribution in [-0.4, -0.2) is 22.7 Å². The van der Waals surface area contributed by atoms with Gasteiger partial charge in [-0.2, -0.15) is 5.10 Å². The molecule has 0 N–H and O–H groups in total. The largest absolute Gasteiger partial charge is 0.268 e. The molecule has 0 amide bonds. The Bertz CT molecular complexity index is 786. The molecule has 3 aromatic rings. The molecule has 0 aliphatic rings. The van der Waals surface area contributed by atoms with Crippen LogP contribution in [0.25, 0.3) is 0 Å². The molecule has 0 aliphatic heterocycles. The van der Waals surface area contributed by atoms with Crippen molar-refractivity contribution >= 4 is 23.0 Å². The Hall–Kier alpha value is -2.72. The first-order valence-corrected chi connectivity index (χ1v) is 7.52. The van der Waals surface area contributed by atoms with E-state index in [4.69, 9.17) is 16.7 Å². The van der Waals surface area contributed by atoms with Crippen LogP contribution in [0.3, 0.4) is 0 Å². The van der Waals surface area contributed by atoms with Crippen LogP contribution in [0.4, 0.5) is 5.69 Å². The summed E-state index contributed by atoms with van der Waals surface area (Å²) in [7, 11) is 1.90. The van der Waals surface area contributed by atoms with Crippen molar-refractivity contribution in [2.45, 2.75) is 0 Å². The van der Waals surface area contributed by atoms with Crippen molar-refractivity contribution in [3.8, 4) is 0 Å². The number of nitrogens with zero attached hydrogens (tertiary/aromatic N) is 4. The Balaban J connectivity index is 2.05. The molecule has 0 spiro atoms. The van der Waals surface area contributed by atoms with E-state index >= 15 is 0 Å². The van der Waals surface area contributed by atoms with E-state index in [0.29, 0.717) is 16.6 Å². The van der Waals surface area contributed by atoms with Crippen LogP contribution < -0.4 is 5.01 Å². The highest BCUT2D eigenvalue weighted by Crippen LogP contribution is 2.16. The fourth-order valence-corrected chi connectivity index (χ4v) is 2.24. The molecular weight excluding hydrogens is 308 g/mol. The fraction of sp³-hybridized carbons (Fsp3) is 0.0556. The first-order chi connectivity index (χ1) is 11.2. The lowest BCUT2D eigenvalue weighted by atomic mass is 10.1. The molecule has 0 fully saturated rings. The van der Waals surface area contributed by atoms with Gasteiger partial charge in [-0.1, -0.05) is 41.9 Å². The van der Waals surface area contributed by atoms with Crippen LogP contribution in [0.1, 0.15) is 11.4 Å². The van der Waals surface area contributed by atoms with Gasteiger partial charge in [0.2, 0.25) is 0 Å². The molecule has 5 heteroatoms. The summed E-state index contributed by atoms with van der Waals surface area (Å²) >= 11 is 5.98. The fourth-order valence-electron chi connectivity index (χ4n) is 2.11. The van der Waals surface area contributed by atoms with Crippen molar-refractivity contribution in [2.75, 3.05) is 12.1 Å². The van der Waals surface area contributed by atoms with Crippen molar-refractivity contribution in [2.24, 2.45) is 5.10 Å². The van der Waals surface area contributed by atoms with Crippen LogP contribution in [-0.2, 0) is 0 Å². The van der Waals surface area contributed by atoms with Crippen molar-refractivity contribution in [1.29, 1.82) is 0 Å². The van der Waals surface area contributed by atoms with Crippen LogP contribution in [0, 0.1) is 0 Å². The van der Waals surface area contributed by atoms with Gasteiger partial charge in [-0.15, -0.1) is 0 Å². The van der Waals surface area contributed by atoms with Gasteiger partial charge < -0.3 is 0 Å². The summed E-state index contributed by atoms with van der Waals surface area (Å²) in [5.41, 5.74) is 2.58. The van der Waals surface area contributed by atoms with E-state index in [0.717, 1.165) is 11.3 Å². The molecular formula is C18H15ClN4. The monoisotopic (exact) mass is 322 g/mol. The molecule has 0 atom stereocenters. The molecule has 0 saturated carbocycles. The van der Waals surface area contributed by atoms with E-state index in [1.54, 1.807) is 23.5 Å². The minimum absolute atomic E-state index is 0.567. The number of benzene rings is 2. The third-order valence-electron chi connectivity index (χ3n) is 3.28. The molecule has 114 valence electrons. The summed E-state index contributed by atoms with van der Waals surface area (Å²) in [6.45, 7) is 0. The molecule has 1 aromatic heterocycles. The van der Waals surface area contributed by atoms with Gasteiger partial charge in [-0.3, -0.25) is 5.01 Å². The number of halogens is 1. The smallest absolute Gasteiger partial charge is 0.180 e. The second-order valence-corrected chi connectivity index (χ2v) is 5.32. The zero-order valence-electron chi connectivity index (χ0n) is 12.6. The van der Waals surface area contributed by atoms with Crippen LogP contribution >= 0.6 is 11.6 Å². The van der Waals surface area contributed by atoms with Crippen LogP contribution in [0.15, 0.2) is 78.2 Å². The second-order valence-electron chi connectivity index (χ2n) is 4.89. The van der Waals surface area contributed by atoms with Gasteiger partial charge in [0.25, 0.3) is 0 Å². The predicted molar refractivity (Wildman–Crippen MR) is 94.0 cm³/mol. The van der Waals surface area contributed by atoms with Crippen molar-refractivity contribution in [3.05, 3.63) is 89.5 Å². The highest BCUT2D eigenvalue weighted by atomic mass is 35.5. The summed E-state index contributed by atoms with van der Waals surface area (Å²) in [5, 5.41) is 7.18. The van der Waals surface area contributed by atoms with E-state index in [1.807, 2.05) is 61.6 Å². The van der Waals surface area contributed by atoms with E-state index < -0.39 is 0 Å². The summed E-state index contributed by atoms with van der Waals surface area (Å²) in [5.74, 6) is 0.567. The van der Waals surface area contributed by atoms with Gasteiger partial charge in [-0.05, 0) is 30.3 Å². The number of anilines is 1. The zero-order chi connectivity index (χ0) is 16.1. The average Bonchev–Trinajstić information content (AvgIpc) is 2.62. The Kier molecular flexibility index (Phi) is 4.64. The summed E-state index contributed by atoms with van der Waals surface area (Å²) < 4.78 is 0. The topological polar surface area (TPSA) is 41.4 Å². The molecule has 23 heavy (non-hydrogen) atoms. The third kappa shape index (κ3) is 3.73. The first-order valence-electron chi connectivity index (χ1n) is 7.15. The number of aromatic nitrogens is 2. The normalized spacial score (nSPS) is 11.3. The molecule has 0 bridgehead atoms. The Labute approximate surface area is 140 Å². The molecule has 0 radical (unpaired) electrons. The molecule has 1 heterocycles. The number of para-hydroxylation sites is 1. The Morgan fingerprint density at radius 2 is 1.57 bits per heavy atom. The second kappa shape index (κ2) is 7.03. The van der Waals surface area contributed by atoms with Gasteiger partial charge in [0.1, 0.15) is 5.71 Å². The van der Waals surface area contributed by atoms with Gasteiger partial charge in [-0.25, -0.2) is 9.97 Å². The number of rotatable bonds is 4. The summed E-state index contributed by atoms with van der Waals surface area (Å²) in [6, 6.07) is 19.2. The Morgan fingerprint density at radius 3 is 2.22 bits per heavy atom. The van der Waals surface area contributed by atoms with Gasteiger partial charge >= 0.3 is 0 Å². The third-order valence-corrected chi connectivity index (χ3v) is 3.53. The average molecular weight is 323 g/mol. The van der Waals surface area contributed by atoms with Crippen molar-refractivity contribution in [1.82, 2.24) is 9.97 Å². The lowest BCUT2D eigenvalue weighted by Gasteiger charge is -2.15. The Morgan fingerprint density at radius 1 is 0.913 bits per heavy atom. The minimum Gasteiger partial charge on any atom is -0.268 e. The maximum atomic E-state index is 5.98. The summed E-state index contributed by atoms with van der Waals surface area (Å²) in [4.78, 5) is 8.65. The maximum absolute atomic E-state index is 5.98. The quantitative estimate of drug-likeness (QED) is 0.538. The zero-order valence-corrected chi connectivity index (χ0v) is 13.4. The minimum atomic E-state index is 0.567. The number of hydrogen-bond donors (Lipinski definition) is 0. The highest BCUT2D eigenvalue weighted by molar-refractivity contribution is 6.30.